The van der Waals surface area contributed by atoms with Crippen LogP contribution in [0.4, 0.5) is 0 Å². The number of fused-ring (bicyclic) bond motifs is 1. The zero-order valence-electron chi connectivity index (χ0n) is 9.92. The fourth-order valence-electron chi connectivity index (χ4n) is 3.18. The van der Waals surface area contributed by atoms with E-state index in [1.165, 1.54) is 0 Å². The highest BCUT2D eigenvalue weighted by Gasteiger charge is 2.45. The van der Waals surface area contributed by atoms with Crippen molar-refractivity contribution in [1.82, 2.24) is 4.31 Å². The van der Waals surface area contributed by atoms with Gasteiger partial charge in [-0.1, -0.05) is 0 Å². The second-order valence-corrected chi connectivity index (χ2v) is 7.72. The van der Waals surface area contributed by atoms with E-state index in [4.69, 9.17) is 5.73 Å². The van der Waals surface area contributed by atoms with Crippen molar-refractivity contribution in [3.63, 3.8) is 0 Å². The zero-order chi connectivity index (χ0) is 11.3. The number of nitrogens with zero attached hydrogens (tertiary/aromatic N) is 1. The Bertz CT molecular complexity index is 383. The Kier molecular flexibility index (Phi) is 3.74. The van der Waals surface area contributed by atoms with E-state index in [-0.39, 0.29) is 18.4 Å². The molecule has 3 aliphatic rings. The molecule has 2 saturated carbocycles. The summed E-state index contributed by atoms with van der Waals surface area (Å²) in [6.07, 6.45) is 4.38. The van der Waals surface area contributed by atoms with Gasteiger partial charge in [0.15, 0.2) is 0 Å². The molecule has 17 heavy (non-hydrogen) atoms. The van der Waals surface area contributed by atoms with Crippen molar-refractivity contribution in [2.45, 2.75) is 31.7 Å². The van der Waals surface area contributed by atoms with Gasteiger partial charge in [0, 0.05) is 19.1 Å². The van der Waals surface area contributed by atoms with Crippen molar-refractivity contribution < 1.29 is 8.42 Å². The first-order valence-corrected chi connectivity index (χ1v) is 7.90. The second kappa shape index (κ2) is 4.68. The first-order chi connectivity index (χ1) is 7.56. The summed E-state index contributed by atoms with van der Waals surface area (Å²) in [5, 5.41) is 0. The van der Waals surface area contributed by atoms with Gasteiger partial charge in [-0.2, -0.15) is 0 Å². The van der Waals surface area contributed by atoms with Gasteiger partial charge >= 0.3 is 0 Å². The highest BCUT2D eigenvalue weighted by Crippen LogP contribution is 2.39. The van der Waals surface area contributed by atoms with E-state index < -0.39 is 10.0 Å². The van der Waals surface area contributed by atoms with E-state index in [1.54, 1.807) is 4.31 Å². The van der Waals surface area contributed by atoms with E-state index in [1.807, 2.05) is 0 Å². The lowest BCUT2D eigenvalue weighted by molar-refractivity contribution is 0.426. The van der Waals surface area contributed by atoms with Crippen LogP contribution in [0.3, 0.4) is 0 Å². The molecule has 1 aliphatic heterocycles. The Morgan fingerprint density at radius 3 is 2.41 bits per heavy atom. The van der Waals surface area contributed by atoms with Gasteiger partial charge in [0.2, 0.25) is 10.0 Å². The molecule has 3 unspecified atom stereocenters. The molecule has 6 heteroatoms. The number of sulfonamides is 1. The third kappa shape index (κ3) is 2.62. The van der Waals surface area contributed by atoms with Crippen molar-refractivity contribution in [3.05, 3.63) is 0 Å². The third-order valence-corrected chi connectivity index (χ3v) is 6.39. The zero-order valence-corrected chi connectivity index (χ0v) is 11.5. The van der Waals surface area contributed by atoms with Crippen LogP contribution in [0.15, 0.2) is 0 Å². The lowest BCUT2D eigenvalue weighted by Crippen LogP contribution is -2.35. The Morgan fingerprint density at radius 2 is 1.82 bits per heavy atom. The first-order valence-electron chi connectivity index (χ1n) is 6.29. The molecule has 1 heterocycles. The third-order valence-electron chi connectivity index (χ3n) is 4.42. The summed E-state index contributed by atoms with van der Waals surface area (Å²) in [5.41, 5.74) is 6.02. The molecule has 3 atom stereocenters. The quantitative estimate of drug-likeness (QED) is 0.832. The standard InChI is InChI=1S/C11H20N2O2S.ClH/c12-11-4-3-9-5-13(6-10(9)11)16(14,15)7-8-1-2-8;/h8-11H,1-7,12H2;1H. The van der Waals surface area contributed by atoms with E-state index in [2.05, 4.69) is 0 Å². The minimum Gasteiger partial charge on any atom is -0.327 e. The Morgan fingerprint density at radius 1 is 1.12 bits per heavy atom. The maximum Gasteiger partial charge on any atom is 0.214 e. The Labute approximate surface area is 109 Å². The molecule has 100 valence electrons. The summed E-state index contributed by atoms with van der Waals surface area (Å²) in [4.78, 5) is 0. The predicted octanol–water partition coefficient (Wildman–Crippen LogP) is 0.817. The molecule has 0 aromatic carbocycles. The van der Waals surface area contributed by atoms with Crippen molar-refractivity contribution in [3.8, 4) is 0 Å². The van der Waals surface area contributed by atoms with Gasteiger partial charge in [-0.15, -0.1) is 12.4 Å². The average Bonchev–Trinajstić information content (AvgIpc) is 2.79. The van der Waals surface area contributed by atoms with Crippen molar-refractivity contribution in [1.29, 1.82) is 0 Å². The maximum atomic E-state index is 12.1. The van der Waals surface area contributed by atoms with E-state index in [0.717, 1.165) is 32.2 Å². The van der Waals surface area contributed by atoms with E-state index in [0.29, 0.717) is 30.1 Å². The van der Waals surface area contributed by atoms with Gasteiger partial charge in [-0.05, 0) is 43.4 Å². The van der Waals surface area contributed by atoms with Gasteiger partial charge in [-0.3, -0.25) is 0 Å². The van der Waals surface area contributed by atoms with Crippen LogP contribution >= 0.6 is 12.4 Å². The minimum absolute atomic E-state index is 0. The summed E-state index contributed by atoms with van der Waals surface area (Å²) in [6.45, 7) is 1.41. The molecule has 1 saturated heterocycles. The summed E-state index contributed by atoms with van der Waals surface area (Å²) < 4.78 is 25.9. The van der Waals surface area contributed by atoms with Crippen molar-refractivity contribution in [2.75, 3.05) is 18.8 Å². The van der Waals surface area contributed by atoms with Crippen LogP contribution in [0.1, 0.15) is 25.7 Å². The molecule has 3 rings (SSSR count). The highest BCUT2D eigenvalue weighted by atomic mass is 35.5. The second-order valence-electron chi connectivity index (χ2n) is 5.70. The van der Waals surface area contributed by atoms with Crippen LogP contribution in [0.5, 0.6) is 0 Å². The van der Waals surface area contributed by atoms with Crippen molar-refractivity contribution >= 4 is 22.4 Å². The Hall–Kier alpha value is 0.160. The van der Waals surface area contributed by atoms with Crippen LogP contribution < -0.4 is 5.73 Å². The normalized spacial score (nSPS) is 37.8. The number of hydrogen-bond acceptors (Lipinski definition) is 3. The van der Waals surface area contributed by atoms with Gasteiger partial charge in [0.1, 0.15) is 0 Å². The van der Waals surface area contributed by atoms with Crippen LogP contribution in [0, 0.1) is 17.8 Å². The van der Waals surface area contributed by atoms with Gasteiger partial charge in [0.25, 0.3) is 0 Å². The van der Waals surface area contributed by atoms with Gasteiger partial charge in [-0.25, -0.2) is 12.7 Å². The molecule has 4 nitrogen and oxygen atoms in total. The molecule has 3 fully saturated rings. The van der Waals surface area contributed by atoms with Crippen LogP contribution in [0.2, 0.25) is 0 Å². The first kappa shape index (κ1) is 13.6. The lowest BCUT2D eigenvalue weighted by atomic mass is 9.98. The van der Waals surface area contributed by atoms with Crippen LogP contribution in [-0.4, -0.2) is 37.6 Å². The molecular weight excluding hydrogens is 260 g/mol. The van der Waals surface area contributed by atoms with Crippen LogP contribution in [-0.2, 0) is 10.0 Å². The number of hydrogen-bond donors (Lipinski definition) is 1. The van der Waals surface area contributed by atoms with Crippen LogP contribution in [0.25, 0.3) is 0 Å². The predicted molar refractivity (Wildman–Crippen MR) is 69.5 cm³/mol. The monoisotopic (exact) mass is 280 g/mol. The molecular formula is C11H21ClN2O2S. The molecule has 0 amide bonds. The van der Waals surface area contributed by atoms with Gasteiger partial charge in [0.05, 0.1) is 5.75 Å². The summed E-state index contributed by atoms with van der Waals surface area (Å²) in [5.74, 6) is 1.78. The summed E-state index contributed by atoms with van der Waals surface area (Å²) in [7, 11) is -2.98. The van der Waals surface area contributed by atoms with Crippen molar-refractivity contribution in [2.24, 2.45) is 23.5 Å². The topological polar surface area (TPSA) is 63.4 Å². The molecule has 0 radical (unpaired) electrons. The minimum atomic E-state index is -2.98. The average molecular weight is 281 g/mol. The van der Waals surface area contributed by atoms with E-state index in [9.17, 15) is 8.42 Å². The largest absolute Gasteiger partial charge is 0.327 e. The Balaban J connectivity index is 0.00000108. The molecule has 0 spiro atoms. The van der Waals surface area contributed by atoms with Gasteiger partial charge < -0.3 is 5.73 Å². The summed E-state index contributed by atoms with van der Waals surface area (Å²) >= 11 is 0. The number of nitrogens with two attached hydrogens (primary N) is 1. The number of rotatable bonds is 3. The maximum absolute atomic E-state index is 12.1. The molecule has 2 aliphatic carbocycles. The fourth-order valence-corrected chi connectivity index (χ4v) is 5.14. The highest BCUT2D eigenvalue weighted by molar-refractivity contribution is 7.89. The number of halogens is 1. The molecule has 0 aromatic heterocycles. The molecule has 0 bridgehead atoms. The lowest BCUT2D eigenvalue weighted by Gasteiger charge is -2.18. The van der Waals surface area contributed by atoms with E-state index >= 15 is 0 Å². The molecule has 0 aromatic rings. The fraction of sp³-hybridized carbons (Fsp3) is 1.00. The smallest absolute Gasteiger partial charge is 0.214 e. The summed E-state index contributed by atoms with van der Waals surface area (Å²) in [6, 6.07) is 0.228. The molecule has 2 N–H and O–H groups in total. The SMILES string of the molecule is Cl.NC1CCC2CN(S(=O)(=O)CC3CC3)CC12.